The largest absolute Gasteiger partial charge is 0.369 e. The highest BCUT2D eigenvalue weighted by molar-refractivity contribution is 8.06. The van der Waals surface area contributed by atoms with Crippen molar-refractivity contribution in [1.29, 1.82) is 0 Å². The van der Waals surface area contributed by atoms with Gasteiger partial charge < -0.3 is 10.7 Å². The van der Waals surface area contributed by atoms with Gasteiger partial charge in [-0.25, -0.2) is 15.8 Å². The number of anilines is 2. The van der Waals surface area contributed by atoms with Gasteiger partial charge in [-0.2, -0.15) is 23.5 Å². The van der Waals surface area contributed by atoms with Crippen LogP contribution in [0.3, 0.4) is 0 Å². The fourth-order valence-electron chi connectivity index (χ4n) is 1.97. The first kappa shape index (κ1) is 15.7. The van der Waals surface area contributed by atoms with E-state index in [0.29, 0.717) is 11.1 Å². The molecule has 112 valence electrons. The molecule has 1 aliphatic heterocycles. The Morgan fingerprint density at radius 3 is 2.65 bits per heavy atom. The van der Waals surface area contributed by atoms with Crippen molar-refractivity contribution in [2.24, 2.45) is 5.84 Å². The van der Waals surface area contributed by atoms with Gasteiger partial charge in [0.15, 0.2) is 0 Å². The number of hydrogen-bond donors (Lipinski definition) is 3. The molecule has 1 saturated heterocycles. The van der Waals surface area contributed by atoms with Crippen molar-refractivity contribution in [1.82, 2.24) is 9.97 Å². The molecule has 2 heterocycles. The third-order valence-electron chi connectivity index (χ3n) is 3.20. The number of rotatable bonds is 5. The maximum atomic E-state index is 5.55. The molecule has 1 aromatic heterocycles. The topological polar surface area (TPSA) is 75.9 Å². The summed E-state index contributed by atoms with van der Waals surface area (Å²) in [7, 11) is 0. The Balaban J connectivity index is 2.10. The molecule has 1 aromatic rings. The fourth-order valence-corrected chi connectivity index (χ4v) is 4.58. The number of hydrazine groups is 1. The Hall–Kier alpha value is -0.660. The number of nitrogens with two attached hydrogens (primary N) is 1. The molecule has 2 rings (SSSR count). The van der Waals surface area contributed by atoms with Crippen LogP contribution in [-0.4, -0.2) is 39.0 Å². The summed E-state index contributed by atoms with van der Waals surface area (Å²) >= 11 is 4.07. The molecule has 1 atom stereocenters. The predicted molar refractivity (Wildman–Crippen MR) is 90.7 cm³/mol. The normalized spacial score (nSPS) is 19.1. The maximum absolute atomic E-state index is 5.55. The number of hydrogen-bond acceptors (Lipinski definition) is 7. The maximum Gasteiger partial charge on any atom is 0.148 e. The van der Waals surface area contributed by atoms with Crippen molar-refractivity contribution >= 4 is 35.2 Å². The first-order chi connectivity index (χ1) is 9.61. The predicted octanol–water partition coefficient (Wildman–Crippen LogP) is 2.45. The van der Waals surface area contributed by atoms with Crippen LogP contribution < -0.4 is 16.6 Å². The van der Waals surface area contributed by atoms with Crippen LogP contribution in [-0.2, 0) is 0 Å². The van der Waals surface area contributed by atoms with Gasteiger partial charge in [0, 0.05) is 40.5 Å². The molecule has 1 unspecified atom stereocenters. The highest BCUT2D eigenvalue weighted by Crippen LogP contribution is 2.26. The molecule has 1 aliphatic rings. The lowest BCUT2D eigenvalue weighted by Crippen LogP contribution is -2.24. The standard InChI is InChI=1S/C13H23N5S2/c1-8(2)11-16-12(9(3)13(17-11)18-14)15-6-10-7-19-4-5-20-10/h8,10H,4-7,14H2,1-3H3,(H2,15,16,17,18). The Bertz CT molecular complexity index is 447. The molecule has 0 bridgehead atoms. The van der Waals surface area contributed by atoms with Crippen LogP contribution in [0.2, 0.25) is 0 Å². The summed E-state index contributed by atoms with van der Waals surface area (Å²) in [6, 6.07) is 0. The van der Waals surface area contributed by atoms with Crippen LogP contribution >= 0.6 is 23.5 Å². The lowest BCUT2D eigenvalue weighted by Gasteiger charge is -2.22. The summed E-state index contributed by atoms with van der Waals surface area (Å²) in [6.45, 7) is 7.10. The Morgan fingerprint density at radius 2 is 2.05 bits per heavy atom. The van der Waals surface area contributed by atoms with Gasteiger partial charge in [-0.15, -0.1) is 0 Å². The van der Waals surface area contributed by atoms with Crippen molar-refractivity contribution in [2.45, 2.75) is 31.9 Å². The van der Waals surface area contributed by atoms with E-state index in [2.05, 4.69) is 34.6 Å². The molecule has 4 N–H and O–H groups in total. The van der Waals surface area contributed by atoms with Gasteiger partial charge in [0.2, 0.25) is 0 Å². The molecule has 7 heteroatoms. The second-order valence-electron chi connectivity index (χ2n) is 5.15. The van der Waals surface area contributed by atoms with Gasteiger partial charge in [0.25, 0.3) is 0 Å². The highest BCUT2D eigenvalue weighted by atomic mass is 32.2. The van der Waals surface area contributed by atoms with Gasteiger partial charge >= 0.3 is 0 Å². The number of aromatic nitrogens is 2. The number of nitrogens with zero attached hydrogens (tertiary/aromatic N) is 2. The first-order valence-electron chi connectivity index (χ1n) is 6.90. The SMILES string of the molecule is Cc1c(NN)nc(C(C)C)nc1NCC1CSCCS1. The summed E-state index contributed by atoms with van der Waals surface area (Å²) in [5.74, 6) is 12.0. The molecule has 1 fully saturated rings. The molecular weight excluding hydrogens is 290 g/mol. The zero-order valence-corrected chi connectivity index (χ0v) is 13.9. The average Bonchev–Trinajstić information content (AvgIpc) is 2.47. The quantitative estimate of drug-likeness (QED) is 0.569. The van der Waals surface area contributed by atoms with Gasteiger partial charge in [-0.05, 0) is 6.92 Å². The van der Waals surface area contributed by atoms with E-state index in [1.54, 1.807) is 0 Å². The number of nitrogens with one attached hydrogen (secondary N) is 2. The van der Waals surface area contributed by atoms with Crippen molar-refractivity contribution in [3.8, 4) is 0 Å². The minimum atomic E-state index is 0.280. The van der Waals surface area contributed by atoms with E-state index in [-0.39, 0.29) is 5.92 Å². The van der Waals surface area contributed by atoms with Crippen LogP contribution in [0, 0.1) is 6.92 Å². The summed E-state index contributed by atoms with van der Waals surface area (Å²) in [4.78, 5) is 9.08. The smallest absolute Gasteiger partial charge is 0.148 e. The van der Waals surface area contributed by atoms with E-state index in [9.17, 15) is 0 Å². The minimum absolute atomic E-state index is 0.280. The molecule has 0 aliphatic carbocycles. The summed E-state index contributed by atoms with van der Waals surface area (Å²) in [5.41, 5.74) is 3.65. The third-order valence-corrected chi connectivity index (χ3v) is 6.04. The molecule has 0 radical (unpaired) electrons. The van der Waals surface area contributed by atoms with Crippen molar-refractivity contribution in [3.63, 3.8) is 0 Å². The molecule has 20 heavy (non-hydrogen) atoms. The fraction of sp³-hybridized carbons (Fsp3) is 0.692. The molecule has 0 saturated carbocycles. The van der Waals surface area contributed by atoms with Crippen LogP contribution in [0.1, 0.15) is 31.2 Å². The van der Waals surface area contributed by atoms with Crippen LogP contribution in [0.25, 0.3) is 0 Å². The Kier molecular flexibility index (Phi) is 5.80. The van der Waals surface area contributed by atoms with Crippen molar-refractivity contribution in [3.05, 3.63) is 11.4 Å². The number of thioether (sulfide) groups is 2. The Labute approximate surface area is 129 Å². The average molecular weight is 313 g/mol. The summed E-state index contributed by atoms with van der Waals surface area (Å²) in [5, 5.41) is 4.12. The van der Waals surface area contributed by atoms with Crippen molar-refractivity contribution in [2.75, 3.05) is 34.5 Å². The third kappa shape index (κ3) is 3.93. The first-order valence-corrected chi connectivity index (χ1v) is 9.10. The lowest BCUT2D eigenvalue weighted by atomic mass is 10.2. The lowest BCUT2D eigenvalue weighted by molar-refractivity contribution is 0.772. The molecule has 0 spiro atoms. The van der Waals surface area contributed by atoms with Crippen LogP contribution in [0.5, 0.6) is 0 Å². The van der Waals surface area contributed by atoms with E-state index < -0.39 is 0 Å². The van der Waals surface area contributed by atoms with Crippen LogP contribution in [0.15, 0.2) is 0 Å². The second-order valence-corrected chi connectivity index (χ2v) is 7.71. The van der Waals surface area contributed by atoms with E-state index in [1.807, 2.05) is 30.4 Å². The van der Waals surface area contributed by atoms with E-state index >= 15 is 0 Å². The van der Waals surface area contributed by atoms with E-state index in [0.717, 1.165) is 23.8 Å². The second kappa shape index (κ2) is 7.38. The molecule has 0 aromatic carbocycles. The van der Waals surface area contributed by atoms with Gasteiger partial charge in [0.05, 0.1) is 0 Å². The zero-order valence-electron chi connectivity index (χ0n) is 12.3. The highest BCUT2D eigenvalue weighted by Gasteiger charge is 2.16. The van der Waals surface area contributed by atoms with E-state index in [1.165, 1.54) is 17.3 Å². The molecule has 0 amide bonds. The van der Waals surface area contributed by atoms with Crippen molar-refractivity contribution < 1.29 is 0 Å². The minimum Gasteiger partial charge on any atom is -0.369 e. The number of nitrogen functional groups attached to an aromatic ring is 1. The zero-order chi connectivity index (χ0) is 14.5. The summed E-state index contributed by atoms with van der Waals surface area (Å²) in [6.07, 6.45) is 0. The van der Waals surface area contributed by atoms with Crippen LogP contribution in [0.4, 0.5) is 11.6 Å². The van der Waals surface area contributed by atoms with Gasteiger partial charge in [-0.3, -0.25) is 0 Å². The summed E-state index contributed by atoms with van der Waals surface area (Å²) < 4.78 is 0. The molecule has 5 nitrogen and oxygen atoms in total. The van der Waals surface area contributed by atoms with Gasteiger partial charge in [0.1, 0.15) is 17.5 Å². The monoisotopic (exact) mass is 313 g/mol. The molecular formula is C13H23N5S2. The van der Waals surface area contributed by atoms with E-state index in [4.69, 9.17) is 5.84 Å². The van der Waals surface area contributed by atoms with Gasteiger partial charge in [-0.1, -0.05) is 13.8 Å². The Morgan fingerprint density at radius 1 is 1.30 bits per heavy atom.